The van der Waals surface area contributed by atoms with Crippen LogP contribution in [0.2, 0.25) is 0 Å². The van der Waals surface area contributed by atoms with Gasteiger partial charge in [-0.05, 0) is 73.4 Å². The van der Waals surface area contributed by atoms with Gasteiger partial charge in [0.15, 0.2) is 0 Å². The Morgan fingerprint density at radius 1 is 0.658 bits per heavy atom. The summed E-state index contributed by atoms with van der Waals surface area (Å²) >= 11 is 0. The van der Waals surface area contributed by atoms with Crippen molar-refractivity contribution in [2.45, 2.75) is 124 Å². The Balaban J connectivity index is 2.91. The lowest BCUT2D eigenvalue weighted by molar-refractivity contribution is -0.317. The third-order valence-electron chi connectivity index (χ3n) is 7.05. The van der Waals surface area contributed by atoms with Crippen LogP contribution in [-0.4, -0.2) is 17.0 Å². The fourth-order valence-electron chi connectivity index (χ4n) is 5.08. The number of carbonyl (C=O) groups excluding carboxylic acids is 2. The van der Waals surface area contributed by atoms with Crippen LogP contribution in [-0.2, 0) is 37.7 Å². The highest BCUT2D eigenvalue weighted by atomic mass is 16.4. The van der Waals surface area contributed by atoms with Crippen LogP contribution in [0.5, 0.6) is 5.75 Å². The fourth-order valence-corrected chi connectivity index (χ4v) is 5.08. The zero-order chi connectivity index (χ0) is 29.6. The molecule has 5 nitrogen and oxygen atoms in total. The van der Waals surface area contributed by atoms with Crippen LogP contribution in [0.4, 0.5) is 0 Å². The van der Waals surface area contributed by atoms with Gasteiger partial charge in [0.1, 0.15) is 5.75 Å². The van der Waals surface area contributed by atoms with E-state index in [0.717, 1.165) is 33.4 Å². The monoisotopic (exact) mass is 522 g/mol. The molecule has 0 saturated carbocycles. The van der Waals surface area contributed by atoms with Gasteiger partial charge < -0.3 is 24.9 Å². The van der Waals surface area contributed by atoms with Crippen molar-refractivity contribution in [2.75, 3.05) is 0 Å². The summed E-state index contributed by atoms with van der Waals surface area (Å²) in [4.78, 5) is 23.8. The number of carboxylic acids is 2. The molecule has 2 aromatic rings. The Bertz CT molecular complexity index is 1140. The number of aromatic hydroxyl groups is 1. The molecule has 2 rings (SSSR count). The average molecular weight is 523 g/mol. The molecule has 0 heterocycles. The first-order chi connectivity index (χ1) is 16.9. The highest BCUT2D eigenvalue weighted by Gasteiger charge is 2.32. The van der Waals surface area contributed by atoms with Gasteiger partial charge in [-0.2, -0.15) is 0 Å². The maximum Gasteiger partial charge on any atom is 0.123 e. The first-order valence-corrected chi connectivity index (χ1v) is 13.4. The summed E-state index contributed by atoms with van der Waals surface area (Å²) in [6.45, 7) is 24.5. The number of rotatable bonds is 6. The van der Waals surface area contributed by atoms with E-state index in [9.17, 15) is 24.9 Å². The molecular formula is C33H46O5-2. The lowest BCUT2D eigenvalue weighted by Gasteiger charge is -2.35. The molecule has 1 N–H and O–H groups in total. The zero-order valence-corrected chi connectivity index (χ0v) is 25.4. The molecule has 0 amide bonds. The van der Waals surface area contributed by atoms with Gasteiger partial charge in [-0.3, -0.25) is 0 Å². The highest BCUT2D eigenvalue weighted by molar-refractivity contribution is 5.82. The van der Waals surface area contributed by atoms with E-state index in [1.165, 1.54) is 0 Å². The highest BCUT2D eigenvalue weighted by Crippen LogP contribution is 2.43. The Labute approximate surface area is 229 Å². The predicted molar refractivity (Wildman–Crippen MR) is 150 cm³/mol. The normalized spacial score (nSPS) is 13.9. The van der Waals surface area contributed by atoms with Crippen molar-refractivity contribution in [3.8, 4) is 5.75 Å². The van der Waals surface area contributed by atoms with Crippen LogP contribution in [0.3, 0.4) is 0 Å². The van der Waals surface area contributed by atoms with Crippen LogP contribution in [0.25, 0.3) is 0 Å². The van der Waals surface area contributed by atoms with E-state index in [-0.39, 0.29) is 10.8 Å². The molecule has 0 aliphatic rings. The van der Waals surface area contributed by atoms with Crippen LogP contribution < -0.4 is 10.2 Å². The number of phenols is 1. The van der Waals surface area contributed by atoms with Gasteiger partial charge in [0.2, 0.25) is 0 Å². The molecule has 0 fully saturated rings. The second-order valence-electron chi connectivity index (χ2n) is 14.8. The van der Waals surface area contributed by atoms with Crippen LogP contribution in [0.1, 0.15) is 134 Å². The van der Waals surface area contributed by atoms with Gasteiger partial charge in [0, 0.05) is 17.9 Å². The number of carbonyl (C=O) groups is 2. The van der Waals surface area contributed by atoms with Gasteiger partial charge in [0.25, 0.3) is 0 Å². The quantitative estimate of drug-likeness (QED) is 0.566. The minimum Gasteiger partial charge on any atom is -0.550 e. The topological polar surface area (TPSA) is 100 Å². The summed E-state index contributed by atoms with van der Waals surface area (Å²) in [5.74, 6) is -3.82. The van der Waals surface area contributed by atoms with Crippen LogP contribution in [0, 0.1) is 0 Å². The lowest BCUT2D eigenvalue weighted by Crippen LogP contribution is -2.37. The Morgan fingerprint density at radius 3 is 1.24 bits per heavy atom. The third kappa shape index (κ3) is 7.18. The molecule has 0 spiro atoms. The van der Waals surface area contributed by atoms with E-state index in [4.69, 9.17) is 0 Å². The standard InChI is InChI=1S/C33H48O5/c1-30(2,3)22-14-19(15-23(31(4,5)6)27(22)21(29(37)38)18-26(34)35)13-20-16-24(32(7,8)9)28(36)25(17-20)33(10,11)12/h14-17,21,36H,13,18H2,1-12H3,(H,34,35)(H,37,38)/p-2. The maximum atomic E-state index is 12.2. The van der Waals surface area contributed by atoms with Crippen molar-refractivity contribution in [2.24, 2.45) is 0 Å². The molecule has 1 unspecified atom stereocenters. The zero-order valence-electron chi connectivity index (χ0n) is 25.4. The van der Waals surface area contributed by atoms with Crippen molar-refractivity contribution >= 4 is 11.9 Å². The number of carboxylic acid groups (broad SMARTS) is 2. The van der Waals surface area contributed by atoms with E-state index in [2.05, 4.69) is 53.7 Å². The summed E-state index contributed by atoms with van der Waals surface area (Å²) in [6.07, 6.45) is -0.0644. The second kappa shape index (κ2) is 10.4. The summed E-state index contributed by atoms with van der Waals surface area (Å²) in [7, 11) is 0. The Kier molecular flexibility index (Phi) is 8.58. The number of hydrogen-bond acceptors (Lipinski definition) is 5. The van der Waals surface area contributed by atoms with Crippen LogP contribution in [0.15, 0.2) is 24.3 Å². The first kappa shape index (κ1) is 31.4. The van der Waals surface area contributed by atoms with E-state index in [0.29, 0.717) is 17.7 Å². The molecule has 0 aromatic heterocycles. The largest absolute Gasteiger partial charge is 0.550 e. The van der Waals surface area contributed by atoms with Crippen molar-refractivity contribution < 1.29 is 24.9 Å². The number of benzene rings is 2. The van der Waals surface area contributed by atoms with E-state index >= 15 is 0 Å². The lowest BCUT2D eigenvalue weighted by atomic mass is 9.70. The maximum absolute atomic E-state index is 12.2. The number of aliphatic carboxylic acids is 2. The van der Waals surface area contributed by atoms with Crippen molar-refractivity contribution in [3.05, 3.63) is 63.2 Å². The summed E-state index contributed by atoms with van der Waals surface area (Å²) in [5, 5.41) is 34.9. The van der Waals surface area contributed by atoms with E-state index in [1.807, 2.05) is 53.7 Å². The van der Waals surface area contributed by atoms with Crippen molar-refractivity contribution in [1.82, 2.24) is 0 Å². The van der Waals surface area contributed by atoms with Gasteiger partial charge in [-0.25, -0.2) is 0 Å². The number of hydrogen-bond donors (Lipinski definition) is 1. The molecular weight excluding hydrogens is 476 g/mol. The molecule has 0 saturated heterocycles. The molecule has 0 radical (unpaired) electrons. The molecule has 38 heavy (non-hydrogen) atoms. The minimum absolute atomic E-state index is 0.260. The van der Waals surface area contributed by atoms with Crippen molar-refractivity contribution in [3.63, 3.8) is 0 Å². The predicted octanol–water partition coefficient (Wildman–Crippen LogP) is 5.15. The van der Waals surface area contributed by atoms with E-state index < -0.39 is 35.1 Å². The molecule has 0 aliphatic carbocycles. The van der Waals surface area contributed by atoms with Gasteiger partial charge >= 0.3 is 0 Å². The second-order valence-corrected chi connectivity index (χ2v) is 14.8. The fraction of sp³-hybridized carbons (Fsp3) is 0.576. The third-order valence-corrected chi connectivity index (χ3v) is 7.05. The Morgan fingerprint density at radius 2 is 0.974 bits per heavy atom. The minimum atomic E-state index is -1.42. The van der Waals surface area contributed by atoms with Crippen LogP contribution >= 0.6 is 0 Å². The molecule has 1 atom stereocenters. The molecule has 0 aliphatic heterocycles. The molecule has 2 aromatic carbocycles. The molecule has 210 valence electrons. The molecule has 0 bridgehead atoms. The summed E-state index contributed by atoms with van der Waals surface area (Å²) < 4.78 is 0. The van der Waals surface area contributed by atoms with Gasteiger partial charge in [-0.15, -0.1) is 0 Å². The van der Waals surface area contributed by atoms with Gasteiger partial charge in [0.05, 0.1) is 0 Å². The Hall–Kier alpha value is -2.82. The summed E-state index contributed by atoms with van der Waals surface area (Å²) in [5.41, 5.74) is 4.49. The first-order valence-electron chi connectivity index (χ1n) is 13.4. The average Bonchev–Trinajstić information content (AvgIpc) is 2.69. The van der Waals surface area contributed by atoms with E-state index in [1.54, 1.807) is 0 Å². The van der Waals surface area contributed by atoms with Crippen molar-refractivity contribution in [1.29, 1.82) is 0 Å². The smallest absolute Gasteiger partial charge is 0.123 e. The van der Waals surface area contributed by atoms with Gasteiger partial charge in [-0.1, -0.05) is 107 Å². The number of phenolic OH excluding ortho intramolecular Hbond substituents is 1. The molecule has 5 heteroatoms. The SMILES string of the molecule is CC(C)(C)c1cc(Cc2cc(C(C)(C)C)c(C(CC(=O)[O-])C(=O)[O-])c(C(C)(C)C)c2)cc(C(C)(C)C)c1O. The summed E-state index contributed by atoms with van der Waals surface area (Å²) in [6, 6.07) is 8.14.